The fourth-order valence-electron chi connectivity index (χ4n) is 1.41. The zero-order valence-electron chi connectivity index (χ0n) is 7.42. The van der Waals surface area contributed by atoms with Gasteiger partial charge in [-0.1, -0.05) is 13.3 Å². The predicted octanol–water partition coefficient (Wildman–Crippen LogP) is 2.18. The van der Waals surface area contributed by atoms with Crippen LogP contribution in [0, 0.1) is 0 Å². The van der Waals surface area contributed by atoms with Crippen LogP contribution in [-0.2, 0) is 0 Å². The van der Waals surface area contributed by atoms with Crippen LogP contribution in [0.25, 0.3) is 0 Å². The summed E-state index contributed by atoms with van der Waals surface area (Å²) in [6.45, 7) is 4.74. The van der Waals surface area contributed by atoms with E-state index in [1.807, 2.05) is 0 Å². The molecule has 1 nitrogen and oxygen atoms in total. The van der Waals surface area contributed by atoms with Gasteiger partial charge in [-0.2, -0.15) is 12.6 Å². The molecular weight excluding hydrogens is 154 g/mol. The lowest BCUT2D eigenvalue weighted by Crippen LogP contribution is -2.29. The molecule has 0 aromatic carbocycles. The van der Waals surface area contributed by atoms with Crippen molar-refractivity contribution < 1.29 is 0 Å². The Labute approximate surface area is 75.6 Å². The zero-order valence-corrected chi connectivity index (χ0v) is 8.32. The van der Waals surface area contributed by atoms with Gasteiger partial charge in [-0.25, -0.2) is 0 Å². The highest BCUT2D eigenvalue weighted by Gasteiger charge is 2.27. The van der Waals surface area contributed by atoms with E-state index < -0.39 is 0 Å². The van der Waals surface area contributed by atoms with Gasteiger partial charge >= 0.3 is 0 Å². The molecule has 0 bridgehead atoms. The first-order valence-corrected chi connectivity index (χ1v) is 5.36. The van der Waals surface area contributed by atoms with Gasteiger partial charge in [0, 0.05) is 18.3 Å². The van der Waals surface area contributed by atoms with E-state index in [4.69, 9.17) is 0 Å². The van der Waals surface area contributed by atoms with Crippen molar-refractivity contribution in [3.05, 3.63) is 0 Å². The van der Waals surface area contributed by atoms with Crippen molar-refractivity contribution in [2.75, 3.05) is 18.8 Å². The summed E-state index contributed by atoms with van der Waals surface area (Å²) in [5, 5.41) is 0. The molecule has 0 N–H and O–H groups in total. The lowest BCUT2D eigenvalue weighted by atomic mass is 10.3. The van der Waals surface area contributed by atoms with E-state index in [1.165, 1.54) is 38.8 Å². The summed E-state index contributed by atoms with van der Waals surface area (Å²) in [4.78, 5) is 2.59. The number of thiol groups is 1. The molecule has 0 spiro atoms. The van der Waals surface area contributed by atoms with Crippen LogP contribution in [0.1, 0.15) is 32.6 Å². The Bertz CT molecular complexity index is 102. The fourth-order valence-corrected chi connectivity index (χ4v) is 1.66. The van der Waals surface area contributed by atoms with Gasteiger partial charge in [0.05, 0.1) is 0 Å². The highest BCUT2D eigenvalue weighted by Crippen LogP contribution is 2.26. The van der Waals surface area contributed by atoms with Gasteiger partial charge in [0.2, 0.25) is 0 Å². The van der Waals surface area contributed by atoms with Crippen LogP contribution in [-0.4, -0.2) is 29.8 Å². The Kier molecular flexibility index (Phi) is 4.31. The Hall–Kier alpha value is 0.310. The maximum Gasteiger partial charge on any atom is 0.00967 e. The monoisotopic (exact) mass is 173 g/mol. The first kappa shape index (κ1) is 9.40. The second kappa shape index (κ2) is 5.04. The van der Waals surface area contributed by atoms with Crippen LogP contribution < -0.4 is 0 Å². The molecule has 0 atom stereocenters. The van der Waals surface area contributed by atoms with Gasteiger partial charge < -0.3 is 0 Å². The fraction of sp³-hybridized carbons (Fsp3) is 1.00. The van der Waals surface area contributed by atoms with Crippen LogP contribution in [0.4, 0.5) is 0 Å². The van der Waals surface area contributed by atoms with Crippen molar-refractivity contribution in [3.63, 3.8) is 0 Å². The van der Waals surface area contributed by atoms with Crippen molar-refractivity contribution in [1.82, 2.24) is 4.90 Å². The lowest BCUT2D eigenvalue weighted by molar-refractivity contribution is 0.276. The third-order valence-corrected chi connectivity index (χ3v) is 2.45. The van der Waals surface area contributed by atoms with Crippen molar-refractivity contribution >= 4 is 12.6 Å². The molecule has 2 heteroatoms. The van der Waals surface area contributed by atoms with Crippen LogP contribution in [0.3, 0.4) is 0 Å². The molecule has 0 saturated heterocycles. The molecular formula is C9H19NS. The summed E-state index contributed by atoms with van der Waals surface area (Å²) in [5.74, 6) is 1.01. The maximum absolute atomic E-state index is 4.26. The average molecular weight is 173 g/mol. The van der Waals surface area contributed by atoms with Gasteiger partial charge in [-0.05, 0) is 25.8 Å². The average Bonchev–Trinajstić information content (AvgIpc) is 2.80. The summed E-state index contributed by atoms with van der Waals surface area (Å²) < 4.78 is 0. The molecule has 1 fully saturated rings. The molecule has 1 rings (SSSR count). The number of hydrogen-bond donors (Lipinski definition) is 1. The van der Waals surface area contributed by atoms with Crippen LogP contribution in [0.2, 0.25) is 0 Å². The largest absolute Gasteiger partial charge is 0.300 e. The molecule has 1 aliphatic carbocycles. The summed E-state index contributed by atoms with van der Waals surface area (Å²) in [6, 6.07) is 0.925. The molecule has 0 aliphatic heterocycles. The minimum absolute atomic E-state index is 0.925. The molecule has 0 heterocycles. The van der Waals surface area contributed by atoms with E-state index in [9.17, 15) is 0 Å². The van der Waals surface area contributed by atoms with Crippen molar-refractivity contribution in [3.8, 4) is 0 Å². The van der Waals surface area contributed by atoms with Crippen LogP contribution in [0.5, 0.6) is 0 Å². The number of nitrogens with zero attached hydrogens (tertiary/aromatic N) is 1. The Morgan fingerprint density at radius 2 is 2.09 bits per heavy atom. The van der Waals surface area contributed by atoms with Crippen LogP contribution in [0.15, 0.2) is 0 Å². The number of hydrogen-bond acceptors (Lipinski definition) is 2. The predicted molar refractivity (Wildman–Crippen MR) is 53.4 cm³/mol. The van der Waals surface area contributed by atoms with Gasteiger partial charge in [0.15, 0.2) is 0 Å². The van der Waals surface area contributed by atoms with Gasteiger partial charge in [0.1, 0.15) is 0 Å². The smallest absolute Gasteiger partial charge is 0.00967 e. The third kappa shape index (κ3) is 3.48. The lowest BCUT2D eigenvalue weighted by Gasteiger charge is -2.20. The SMILES string of the molecule is CCCCN(CCS)C1CC1. The summed E-state index contributed by atoms with van der Waals surface area (Å²) in [5.41, 5.74) is 0. The van der Waals surface area contributed by atoms with E-state index >= 15 is 0 Å². The Morgan fingerprint density at radius 1 is 1.36 bits per heavy atom. The molecule has 0 unspecified atom stereocenters. The second-order valence-corrected chi connectivity index (χ2v) is 3.79. The minimum atomic E-state index is 0.925. The highest BCUT2D eigenvalue weighted by molar-refractivity contribution is 7.80. The molecule has 66 valence electrons. The molecule has 1 saturated carbocycles. The molecule has 1 aliphatic rings. The van der Waals surface area contributed by atoms with E-state index in [0.29, 0.717) is 0 Å². The van der Waals surface area contributed by atoms with Crippen molar-refractivity contribution in [2.24, 2.45) is 0 Å². The topological polar surface area (TPSA) is 3.24 Å². The van der Waals surface area contributed by atoms with Crippen molar-refractivity contribution in [1.29, 1.82) is 0 Å². The Balaban J connectivity index is 2.10. The number of unbranched alkanes of at least 4 members (excludes halogenated alkanes) is 1. The molecule has 0 aromatic rings. The van der Waals surface area contributed by atoms with Crippen LogP contribution >= 0.6 is 12.6 Å². The zero-order chi connectivity index (χ0) is 8.10. The standard InChI is InChI=1S/C9H19NS/c1-2-3-6-10(7-8-11)9-4-5-9/h9,11H,2-8H2,1H3. The highest BCUT2D eigenvalue weighted by atomic mass is 32.1. The Morgan fingerprint density at radius 3 is 2.55 bits per heavy atom. The van der Waals surface area contributed by atoms with Crippen molar-refractivity contribution in [2.45, 2.75) is 38.6 Å². The van der Waals surface area contributed by atoms with Gasteiger partial charge in [-0.15, -0.1) is 0 Å². The molecule has 11 heavy (non-hydrogen) atoms. The molecule has 0 aromatic heterocycles. The van der Waals surface area contributed by atoms with Gasteiger partial charge in [0.25, 0.3) is 0 Å². The summed E-state index contributed by atoms with van der Waals surface area (Å²) in [7, 11) is 0. The quantitative estimate of drug-likeness (QED) is 0.603. The minimum Gasteiger partial charge on any atom is -0.300 e. The summed E-state index contributed by atoms with van der Waals surface area (Å²) >= 11 is 4.26. The van der Waals surface area contributed by atoms with E-state index in [2.05, 4.69) is 24.5 Å². The molecule has 0 radical (unpaired) electrons. The molecule has 0 amide bonds. The van der Waals surface area contributed by atoms with Gasteiger partial charge in [-0.3, -0.25) is 4.90 Å². The first-order chi connectivity index (χ1) is 5.38. The van der Waals surface area contributed by atoms with E-state index in [0.717, 1.165) is 11.8 Å². The normalized spacial score (nSPS) is 17.7. The van der Waals surface area contributed by atoms with E-state index in [1.54, 1.807) is 0 Å². The summed E-state index contributed by atoms with van der Waals surface area (Å²) in [6.07, 6.45) is 5.52. The van der Waals surface area contributed by atoms with E-state index in [-0.39, 0.29) is 0 Å². The third-order valence-electron chi connectivity index (χ3n) is 2.25. The second-order valence-electron chi connectivity index (χ2n) is 3.34. The first-order valence-electron chi connectivity index (χ1n) is 4.73. The number of rotatable bonds is 6. The maximum atomic E-state index is 4.26.